The molecule has 21 heavy (non-hydrogen) atoms. The van der Waals surface area contributed by atoms with E-state index in [0.29, 0.717) is 12.2 Å². The Balaban J connectivity index is 1.96. The highest BCUT2D eigenvalue weighted by molar-refractivity contribution is 7.89. The molecule has 1 amide bonds. The second-order valence-corrected chi connectivity index (χ2v) is 6.14. The van der Waals surface area contributed by atoms with Crippen LogP contribution in [0, 0.1) is 0 Å². The van der Waals surface area contributed by atoms with E-state index in [2.05, 4.69) is 15.1 Å². The van der Waals surface area contributed by atoms with Gasteiger partial charge in [-0.25, -0.2) is 13.1 Å². The summed E-state index contributed by atoms with van der Waals surface area (Å²) in [7, 11) is -3.56. The zero-order valence-corrected chi connectivity index (χ0v) is 12.3. The summed E-state index contributed by atoms with van der Waals surface area (Å²) in [6, 6.07) is 7.76. The predicted octanol–water partition coefficient (Wildman–Crippen LogP) is 0.820. The van der Waals surface area contributed by atoms with E-state index in [1.165, 1.54) is 19.1 Å². The lowest BCUT2D eigenvalue weighted by Crippen LogP contribution is -2.27. The topological polar surface area (TPSA) is 93.1 Å². The van der Waals surface area contributed by atoms with Crippen LogP contribution < -0.4 is 10.0 Å². The summed E-state index contributed by atoms with van der Waals surface area (Å²) < 4.78 is 28.3. The van der Waals surface area contributed by atoms with Crippen LogP contribution in [0.4, 0.5) is 5.69 Å². The summed E-state index contributed by atoms with van der Waals surface area (Å²) in [6.45, 7) is 2.09. The molecule has 2 aromatic rings. The third-order valence-corrected chi connectivity index (χ3v) is 4.15. The fourth-order valence-electron chi connectivity index (χ4n) is 1.73. The molecule has 1 aromatic carbocycles. The number of hydrogen-bond acceptors (Lipinski definition) is 4. The standard InChI is InChI=1S/C13H16N4O3S/c1-11(18)16-12-3-5-13(6-4-12)21(19,20)15-8-10-17-9-2-7-14-17/h2-7,9,15H,8,10H2,1H3,(H,16,18). The van der Waals surface area contributed by atoms with Crippen LogP contribution in [0.1, 0.15) is 6.92 Å². The van der Waals surface area contributed by atoms with Crippen molar-refractivity contribution in [2.75, 3.05) is 11.9 Å². The summed E-state index contributed by atoms with van der Waals surface area (Å²) in [4.78, 5) is 11.0. The second kappa shape index (κ2) is 6.51. The highest BCUT2D eigenvalue weighted by atomic mass is 32.2. The van der Waals surface area contributed by atoms with Crippen molar-refractivity contribution in [3.8, 4) is 0 Å². The molecule has 0 saturated carbocycles. The fourth-order valence-corrected chi connectivity index (χ4v) is 2.75. The number of anilines is 1. The van der Waals surface area contributed by atoms with Crippen molar-refractivity contribution in [2.45, 2.75) is 18.4 Å². The van der Waals surface area contributed by atoms with Gasteiger partial charge in [0.2, 0.25) is 15.9 Å². The summed E-state index contributed by atoms with van der Waals surface area (Å²) >= 11 is 0. The summed E-state index contributed by atoms with van der Waals surface area (Å²) in [5, 5.41) is 6.57. The van der Waals surface area contributed by atoms with Crippen LogP contribution in [-0.2, 0) is 21.4 Å². The van der Waals surface area contributed by atoms with E-state index in [1.807, 2.05) is 0 Å². The van der Waals surface area contributed by atoms with E-state index in [-0.39, 0.29) is 17.3 Å². The van der Waals surface area contributed by atoms with Gasteiger partial charge in [-0.3, -0.25) is 9.48 Å². The van der Waals surface area contributed by atoms with Gasteiger partial charge in [-0.2, -0.15) is 5.10 Å². The van der Waals surface area contributed by atoms with E-state index >= 15 is 0 Å². The number of rotatable bonds is 6. The number of hydrogen-bond donors (Lipinski definition) is 2. The highest BCUT2D eigenvalue weighted by Crippen LogP contribution is 2.13. The molecular weight excluding hydrogens is 292 g/mol. The third kappa shape index (κ3) is 4.40. The summed E-state index contributed by atoms with van der Waals surface area (Å²) in [5.74, 6) is -0.206. The molecule has 0 aliphatic carbocycles. The predicted molar refractivity (Wildman–Crippen MR) is 78.2 cm³/mol. The van der Waals surface area contributed by atoms with Crippen molar-refractivity contribution in [2.24, 2.45) is 0 Å². The molecule has 112 valence electrons. The van der Waals surface area contributed by atoms with Gasteiger partial charge < -0.3 is 5.32 Å². The molecule has 1 heterocycles. The fraction of sp³-hybridized carbons (Fsp3) is 0.231. The maximum atomic E-state index is 12.1. The Kier molecular flexibility index (Phi) is 4.71. The molecule has 0 atom stereocenters. The minimum absolute atomic E-state index is 0.150. The van der Waals surface area contributed by atoms with Crippen LogP contribution in [0.25, 0.3) is 0 Å². The highest BCUT2D eigenvalue weighted by Gasteiger charge is 2.13. The monoisotopic (exact) mass is 308 g/mol. The Hall–Kier alpha value is -2.19. The van der Waals surface area contributed by atoms with Crippen molar-refractivity contribution in [1.82, 2.24) is 14.5 Å². The smallest absolute Gasteiger partial charge is 0.240 e. The van der Waals surface area contributed by atoms with Crippen molar-refractivity contribution >= 4 is 21.6 Å². The van der Waals surface area contributed by atoms with Gasteiger partial charge in [-0.15, -0.1) is 0 Å². The lowest BCUT2D eigenvalue weighted by Gasteiger charge is -2.08. The van der Waals surface area contributed by atoms with E-state index in [9.17, 15) is 13.2 Å². The van der Waals surface area contributed by atoms with Crippen LogP contribution in [0.3, 0.4) is 0 Å². The lowest BCUT2D eigenvalue weighted by atomic mass is 10.3. The van der Waals surface area contributed by atoms with Crippen LogP contribution >= 0.6 is 0 Å². The minimum Gasteiger partial charge on any atom is -0.326 e. The van der Waals surface area contributed by atoms with Gasteiger partial charge in [0, 0.05) is 31.5 Å². The zero-order valence-electron chi connectivity index (χ0n) is 11.5. The molecule has 0 bridgehead atoms. The Labute approximate surface area is 123 Å². The molecule has 2 rings (SSSR count). The number of carbonyl (C=O) groups excluding carboxylic acids is 1. The number of aromatic nitrogens is 2. The van der Waals surface area contributed by atoms with Gasteiger partial charge in [0.15, 0.2) is 0 Å². The largest absolute Gasteiger partial charge is 0.326 e. The van der Waals surface area contributed by atoms with Crippen LogP contribution in [0.5, 0.6) is 0 Å². The van der Waals surface area contributed by atoms with Crippen LogP contribution in [0.2, 0.25) is 0 Å². The van der Waals surface area contributed by atoms with Gasteiger partial charge in [-0.1, -0.05) is 0 Å². The third-order valence-electron chi connectivity index (χ3n) is 2.68. The zero-order chi connectivity index (χ0) is 15.3. The number of carbonyl (C=O) groups is 1. The Bertz CT molecular complexity index is 694. The van der Waals surface area contributed by atoms with Crippen molar-refractivity contribution in [3.05, 3.63) is 42.7 Å². The second-order valence-electron chi connectivity index (χ2n) is 4.37. The molecule has 0 aliphatic heterocycles. The maximum absolute atomic E-state index is 12.1. The minimum atomic E-state index is -3.56. The molecule has 0 radical (unpaired) electrons. The first-order valence-corrected chi connectivity index (χ1v) is 7.80. The first kappa shape index (κ1) is 15.2. The first-order chi connectivity index (χ1) is 9.97. The molecule has 8 heteroatoms. The molecule has 0 aliphatic rings. The number of nitrogens with one attached hydrogen (secondary N) is 2. The quantitative estimate of drug-likeness (QED) is 0.826. The SMILES string of the molecule is CC(=O)Nc1ccc(S(=O)(=O)NCCn2cccn2)cc1. The van der Waals surface area contributed by atoms with E-state index in [4.69, 9.17) is 0 Å². The van der Waals surface area contributed by atoms with Crippen molar-refractivity contribution < 1.29 is 13.2 Å². The number of amides is 1. The van der Waals surface area contributed by atoms with Crippen molar-refractivity contribution in [1.29, 1.82) is 0 Å². The first-order valence-electron chi connectivity index (χ1n) is 6.32. The van der Waals surface area contributed by atoms with Crippen LogP contribution in [-0.4, -0.2) is 30.7 Å². The van der Waals surface area contributed by atoms with Gasteiger partial charge in [0.1, 0.15) is 0 Å². The number of nitrogens with zero attached hydrogens (tertiary/aromatic N) is 2. The van der Waals surface area contributed by atoms with Crippen LogP contribution in [0.15, 0.2) is 47.6 Å². The average molecular weight is 308 g/mol. The van der Waals surface area contributed by atoms with Gasteiger partial charge in [0.25, 0.3) is 0 Å². The molecule has 2 N–H and O–H groups in total. The van der Waals surface area contributed by atoms with Gasteiger partial charge in [-0.05, 0) is 30.3 Å². The molecule has 0 unspecified atom stereocenters. The normalized spacial score (nSPS) is 11.3. The molecule has 0 saturated heterocycles. The molecule has 0 spiro atoms. The van der Waals surface area contributed by atoms with Gasteiger partial charge in [0.05, 0.1) is 11.4 Å². The number of benzene rings is 1. The van der Waals surface area contributed by atoms with Crippen molar-refractivity contribution in [3.63, 3.8) is 0 Å². The molecular formula is C13H16N4O3S. The molecule has 0 fully saturated rings. The van der Waals surface area contributed by atoms with E-state index in [1.54, 1.807) is 35.3 Å². The van der Waals surface area contributed by atoms with E-state index < -0.39 is 10.0 Å². The average Bonchev–Trinajstić information content (AvgIpc) is 2.91. The maximum Gasteiger partial charge on any atom is 0.240 e. The summed E-state index contributed by atoms with van der Waals surface area (Å²) in [6.07, 6.45) is 3.39. The Morgan fingerprint density at radius 2 is 2.00 bits per heavy atom. The summed E-state index contributed by atoms with van der Waals surface area (Å²) in [5.41, 5.74) is 0.554. The Morgan fingerprint density at radius 1 is 1.29 bits per heavy atom. The molecule has 7 nitrogen and oxygen atoms in total. The van der Waals surface area contributed by atoms with Gasteiger partial charge >= 0.3 is 0 Å². The molecule has 1 aromatic heterocycles. The Morgan fingerprint density at radius 3 is 2.57 bits per heavy atom. The van der Waals surface area contributed by atoms with E-state index in [0.717, 1.165) is 0 Å². The lowest BCUT2D eigenvalue weighted by molar-refractivity contribution is -0.114. The number of sulfonamides is 1.